The molecule has 1 aromatic rings. The first-order chi connectivity index (χ1) is 6.60. The Hall–Kier alpha value is -0.900. The summed E-state index contributed by atoms with van der Waals surface area (Å²) >= 11 is 0. The standard InChI is InChI=1S/C10H17N3O/c1-8-3-5-10(14,6-4-8)9-7-11-13(2)12-9/h7-8,14H,3-6H2,1-2H3. The van der Waals surface area contributed by atoms with Gasteiger partial charge in [0.25, 0.3) is 0 Å². The first-order valence-corrected chi connectivity index (χ1v) is 5.19. The Morgan fingerprint density at radius 1 is 1.50 bits per heavy atom. The molecule has 2 rings (SSSR count). The van der Waals surface area contributed by atoms with E-state index < -0.39 is 5.60 Å². The van der Waals surface area contributed by atoms with Crippen LogP contribution in [0.5, 0.6) is 0 Å². The Kier molecular flexibility index (Phi) is 2.31. The molecule has 78 valence electrons. The summed E-state index contributed by atoms with van der Waals surface area (Å²) in [5.74, 6) is 0.729. The van der Waals surface area contributed by atoms with Gasteiger partial charge in [-0.15, -0.1) is 0 Å². The maximum absolute atomic E-state index is 10.4. The summed E-state index contributed by atoms with van der Waals surface area (Å²) in [6, 6.07) is 0. The molecule has 1 aliphatic rings. The van der Waals surface area contributed by atoms with Gasteiger partial charge in [-0.1, -0.05) is 6.92 Å². The predicted octanol–water partition coefficient (Wildman–Crippen LogP) is 1.21. The van der Waals surface area contributed by atoms with Crippen molar-refractivity contribution in [2.45, 2.75) is 38.2 Å². The van der Waals surface area contributed by atoms with E-state index in [0.29, 0.717) is 0 Å². The summed E-state index contributed by atoms with van der Waals surface area (Å²) in [5, 5.41) is 18.5. The van der Waals surface area contributed by atoms with Crippen molar-refractivity contribution < 1.29 is 5.11 Å². The molecule has 1 aromatic heterocycles. The van der Waals surface area contributed by atoms with Gasteiger partial charge in [0.2, 0.25) is 0 Å². The fraction of sp³-hybridized carbons (Fsp3) is 0.800. The van der Waals surface area contributed by atoms with Crippen LogP contribution in [0.1, 0.15) is 38.3 Å². The molecule has 1 fully saturated rings. The van der Waals surface area contributed by atoms with Crippen molar-refractivity contribution in [2.24, 2.45) is 13.0 Å². The second kappa shape index (κ2) is 3.35. The van der Waals surface area contributed by atoms with Crippen LogP contribution in [0.25, 0.3) is 0 Å². The van der Waals surface area contributed by atoms with Crippen molar-refractivity contribution in [1.29, 1.82) is 0 Å². The predicted molar refractivity (Wildman–Crippen MR) is 52.5 cm³/mol. The molecule has 0 radical (unpaired) electrons. The quantitative estimate of drug-likeness (QED) is 0.733. The lowest BCUT2D eigenvalue weighted by molar-refractivity contribution is -0.0162. The number of aromatic nitrogens is 3. The summed E-state index contributed by atoms with van der Waals surface area (Å²) in [4.78, 5) is 1.51. The number of nitrogens with zero attached hydrogens (tertiary/aromatic N) is 3. The first kappa shape index (κ1) is 9.65. The van der Waals surface area contributed by atoms with E-state index in [1.54, 1.807) is 13.2 Å². The molecular weight excluding hydrogens is 178 g/mol. The van der Waals surface area contributed by atoms with Crippen LogP contribution in [0.2, 0.25) is 0 Å². The van der Waals surface area contributed by atoms with Crippen LogP contribution in [0.4, 0.5) is 0 Å². The summed E-state index contributed by atoms with van der Waals surface area (Å²) in [6.07, 6.45) is 5.45. The zero-order chi connectivity index (χ0) is 10.2. The highest BCUT2D eigenvalue weighted by Gasteiger charge is 2.35. The van der Waals surface area contributed by atoms with Crippen LogP contribution in [0.15, 0.2) is 6.20 Å². The largest absolute Gasteiger partial charge is 0.383 e. The number of hydrogen-bond acceptors (Lipinski definition) is 3. The van der Waals surface area contributed by atoms with Gasteiger partial charge in [0.05, 0.1) is 6.20 Å². The smallest absolute Gasteiger partial charge is 0.114 e. The molecule has 4 nitrogen and oxygen atoms in total. The molecule has 1 aliphatic carbocycles. The Morgan fingerprint density at radius 3 is 2.64 bits per heavy atom. The minimum Gasteiger partial charge on any atom is -0.383 e. The lowest BCUT2D eigenvalue weighted by Gasteiger charge is -2.33. The van der Waals surface area contributed by atoms with E-state index in [-0.39, 0.29) is 0 Å². The normalized spacial score (nSPS) is 33.2. The van der Waals surface area contributed by atoms with Crippen LogP contribution < -0.4 is 0 Å². The maximum atomic E-state index is 10.4. The zero-order valence-electron chi connectivity index (χ0n) is 8.77. The van der Waals surface area contributed by atoms with Crippen molar-refractivity contribution in [3.05, 3.63) is 11.9 Å². The van der Waals surface area contributed by atoms with Crippen LogP contribution in [-0.2, 0) is 12.6 Å². The SMILES string of the molecule is CC1CCC(O)(c2cnn(C)n2)CC1. The fourth-order valence-electron chi connectivity index (χ4n) is 2.05. The number of rotatable bonds is 1. The van der Waals surface area contributed by atoms with Gasteiger partial charge in [0.1, 0.15) is 11.3 Å². The summed E-state index contributed by atoms with van der Waals surface area (Å²) in [7, 11) is 1.78. The second-order valence-electron chi connectivity index (χ2n) is 4.43. The molecule has 0 spiro atoms. The lowest BCUT2D eigenvalue weighted by atomic mass is 9.78. The van der Waals surface area contributed by atoms with Crippen molar-refractivity contribution >= 4 is 0 Å². The molecule has 1 heterocycles. The Bertz CT molecular complexity index is 313. The van der Waals surface area contributed by atoms with E-state index >= 15 is 0 Å². The van der Waals surface area contributed by atoms with E-state index in [0.717, 1.165) is 37.3 Å². The molecule has 0 amide bonds. The molecule has 0 saturated heterocycles. The zero-order valence-corrected chi connectivity index (χ0v) is 8.77. The van der Waals surface area contributed by atoms with Gasteiger partial charge in [0, 0.05) is 7.05 Å². The van der Waals surface area contributed by atoms with Crippen molar-refractivity contribution in [3.63, 3.8) is 0 Å². The van der Waals surface area contributed by atoms with Crippen molar-refractivity contribution in [3.8, 4) is 0 Å². The third kappa shape index (κ3) is 1.66. The van der Waals surface area contributed by atoms with Crippen LogP contribution in [-0.4, -0.2) is 20.1 Å². The summed E-state index contributed by atoms with van der Waals surface area (Å²) in [6.45, 7) is 2.23. The van der Waals surface area contributed by atoms with Gasteiger partial charge in [-0.05, 0) is 31.6 Å². The van der Waals surface area contributed by atoms with E-state index in [9.17, 15) is 5.11 Å². The maximum Gasteiger partial charge on any atom is 0.114 e. The van der Waals surface area contributed by atoms with E-state index in [1.807, 2.05) is 0 Å². The monoisotopic (exact) mass is 195 g/mol. The minimum atomic E-state index is -0.721. The highest BCUT2D eigenvalue weighted by Crippen LogP contribution is 2.37. The van der Waals surface area contributed by atoms with Crippen molar-refractivity contribution in [1.82, 2.24) is 15.0 Å². The Morgan fingerprint density at radius 2 is 2.14 bits per heavy atom. The third-order valence-electron chi connectivity index (χ3n) is 3.18. The van der Waals surface area contributed by atoms with Gasteiger partial charge in [-0.2, -0.15) is 15.0 Å². The van der Waals surface area contributed by atoms with Crippen molar-refractivity contribution in [2.75, 3.05) is 0 Å². The van der Waals surface area contributed by atoms with Crippen LogP contribution in [0.3, 0.4) is 0 Å². The average molecular weight is 195 g/mol. The Balaban J connectivity index is 2.16. The average Bonchev–Trinajstić information content (AvgIpc) is 2.58. The topological polar surface area (TPSA) is 50.9 Å². The molecule has 14 heavy (non-hydrogen) atoms. The second-order valence-corrected chi connectivity index (χ2v) is 4.43. The summed E-state index contributed by atoms with van der Waals surface area (Å²) in [5.41, 5.74) is 0.00715. The van der Waals surface area contributed by atoms with Gasteiger partial charge in [0.15, 0.2) is 0 Å². The molecule has 0 atom stereocenters. The number of hydrogen-bond donors (Lipinski definition) is 1. The number of aryl methyl sites for hydroxylation is 1. The van der Waals surface area contributed by atoms with Gasteiger partial charge in [-0.3, -0.25) is 0 Å². The summed E-state index contributed by atoms with van der Waals surface area (Å²) < 4.78 is 0. The Labute approximate surface area is 83.9 Å². The highest BCUT2D eigenvalue weighted by atomic mass is 16.3. The first-order valence-electron chi connectivity index (χ1n) is 5.19. The van der Waals surface area contributed by atoms with E-state index in [2.05, 4.69) is 17.1 Å². The molecule has 4 heteroatoms. The van der Waals surface area contributed by atoms with Gasteiger partial charge in [-0.25, -0.2) is 0 Å². The molecule has 1 saturated carbocycles. The molecule has 0 aliphatic heterocycles. The molecule has 0 unspecified atom stereocenters. The highest BCUT2D eigenvalue weighted by molar-refractivity contribution is 5.07. The minimum absolute atomic E-state index is 0.721. The van der Waals surface area contributed by atoms with Crippen LogP contribution >= 0.6 is 0 Å². The lowest BCUT2D eigenvalue weighted by Crippen LogP contribution is -2.31. The van der Waals surface area contributed by atoms with Crippen LogP contribution in [0, 0.1) is 5.92 Å². The van der Waals surface area contributed by atoms with Gasteiger partial charge < -0.3 is 5.11 Å². The molecule has 1 N–H and O–H groups in total. The van der Waals surface area contributed by atoms with E-state index in [4.69, 9.17) is 0 Å². The molecular formula is C10H17N3O. The third-order valence-corrected chi connectivity index (χ3v) is 3.18. The molecule has 0 bridgehead atoms. The van der Waals surface area contributed by atoms with E-state index in [1.165, 1.54) is 4.80 Å². The number of aliphatic hydroxyl groups is 1. The fourth-order valence-corrected chi connectivity index (χ4v) is 2.05. The molecule has 0 aromatic carbocycles. The van der Waals surface area contributed by atoms with Gasteiger partial charge >= 0.3 is 0 Å².